The summed E-state index contributed by atoms with van der Waals surface area (Å²) in [5.41, 5.74) is 0.716. The van der Waals surface area contributed by atoms with Gasteiger partial charge in [-0.1, -0.05) is 6.07 Å². The van der Waals surface area contributed by atoms with E-state index in [1.807, 2.05) is 18.2 Å². The Bertz CT molecular complexity index is 637. The van der Waals surface area contributed by atoms with E-state index >= 15 is 0 Å². The lowest BCUT2D eigenvalue weighted by Gasteiger charge is -2.15. The highest BCUT2D eigenvalue weighted by molar-refractivity contribution is 5.50. The van der Waals surface area contributed by atoms with Gasteiger partial charge in [0.05, 0.1) is 16.7 Å². The molecule has 0 aliphatic rings. The number of benzene rings is 1. The van der Waals surface area contributed by atoms with Gasteiger partial charge in [0.15, 0.2) is 5.82 Å². The van der Waals surface area contributed by atoms with Crippen LogP contribution in [0.15, 0.2) is 42.6 Å². The molecular formula is C15H16FN3O3. The molecule has 1 unspecified atom stereocenters. The van der Waals surface area contributed by atoms with E-state index in [-0.39, 0.29) is 23.9 Å². The van der Waals surface area contributed by atoms with Crippen LogP contribution in [0.2, 0.25) is 0 Å². The minimum atomic E-state index is -0.691. The number of aromatic nitrogens is 1. The highest BCUT2D eigenvalue weighted by atomic mass is 19.1. The average Bonchev–Trinajstić information content (AvgIpc) is 2.53. The van der Waals surface area contributed by atoms with Crippen LogP contribution in [0.5, 0.6) is 0 Å². The predicted molar refractivity (Wildman–Crippen MR) is 80.1 cm³/mol. The predicted octanol–water partition coefficient (Wildman–Crippen LogP) is 2.39. The van der Waals surface area contributed by atoms with Crippen LogP contribution in [-0.4, -0.2) is 28.2 Å². The zero-order chi connectivity index (χ0) is 15.9. The van der Waals surface area contributed by atoms with Crippen molar-refractivity contribution >= 4 is 11.4 Å². The molecule has 1 aromatic carbocycles. The number of nitro benzene ring substituents is 1. The number of hydrogen-bond donors (Lipinski definition) is 2. The van der Waals surface area contributed by atoms with Gasteiger partial charge in [-0.25, -0.2) is 4.39 Å². The molecule has 0 aliphatic carbocycles. The van der Waals surface area contributed by atoms with Crippen molar-refractivity contribution in [1.82, 2.24) is 4.98 Å². The summed E-state index contributed by atoms with van der Waals surface area (Å²) in [5.74, 6) is -0.826. The monoisotopic (exact) mass is 305 g/mol. The third-order valence-electron chi connectivity index (χ3n) is 3.23. The number of nitro groups is 1. The Morgan fingerprint density at radius 2 is 2.18 bits per heavy atom. The fraction of sp³-hybridized carbons (Fsp3) is 0.267. The van der Waals surface area contributed by atoms with Crippen molar-refractivity contribution in [2.75, 3.05) is 18.5 Å². The molecule has 6 nitrogen and oxygen atoms in total. The second kappa shape index (κ2) is 7.46. The maximum Gasteiger partial charge on any atom is 0.272 e. The van der Waals surface area contributed by atoms with Crippen molar-refractivity contribution in [1.29, 1.82) is 0 Å². The Balaban J connectivity index is 1.97. The Morgan fingerprint density at radius 1 is 1.36 bits per heavy atom. The van der Waals surface area contributed by atoms with Crippen LogP contribution in [0.1, 0.15) is 5.69 Å². The van der Waals surface area contributed by atoms with Crippen molar-refractivity contribution in [2.24, 2.45) is 5.92 Å². The minimum absolute atomic E-state index is 0.0713. The number of non-ortho nitro benzene ring substituents is 1. The third kappa shape index (κ3) is 4.23. The molecule has 0 spiro atoms. The standard InChI is InChI=1S/C15H16FN3O3/c16-14-8-13(19(21)22)4-5-15(14)18-9-11(10-20)7-12-3-1-2-6-17-12/h1-6,8,11,18,20H,7,9-10H2. The molecule has 0 saturated heterocycles. The molecule has 116 valence electrons. The number of hydrogen-bond acceptors (Lipinski definition) is 5. The quantitative estimate of drug-likeness (QED) is 0.605. The number of halogens is 1. The summed E-state index contributed by atoms with van der Waals surface area (Å²) in [6.07, 6.45) is 2.23. The lowest BCUT2D eigenvalue weighted by molar-refractivity contribution is -0.385. The van der Waals surface area contributed by atoms with Crippen LogP contribution in [-0.2, 0) is 6.42 Å². The summed E-state index contributed by atoms with van der Waals surface area (Å²) in [5, 5.41) is 22.8. The maximum absolute atomic E-state index is 13.7. The highest BCUT2D eigenvalue weighted by Crippen LogP contribution is 2.21. The topological polar surface area (TPSA) is 88.3 Å². The lowest BCUT2D eigenvalue weighted by atomic mass is 10.0. The molecule has 2 aromatic rings. The van der Waals surface area contributed by atoms with Crippen LogP contribution >= 0.6 is 0 Å². The van der Waals surface area contributed by atoms with E-state index < -0.39 is 10.7 Å². The molecule has 22 heavy (non-hydrogen) atoms. The summed E-state index contributed by atoms with van der Waals surface area (Å²) in [7, 11) is 0. The molecular weight excluding hydrogens is 289 g/mol. The Morgan fingerprint density at radius 3 is 2.77 bits per heavy atom. The second-order valence-electron chi connectivity index (χ2n) is 4.88. The summed E-state index contributed by atoms with van der Waals surface area (Å²) in [4.78, 5) is 14.1. The van der Waals surface area contributed by atoms with Gasteiger partial charge in [0, 0.05) is 37.0 Å². The van der Waals surface area contributed by atoms with Gasteiger partial charge < -0.3 is 10.4 Å². The smallest absolute Gasteiger partial charge is 0.272 e. The Hall–Kier alpha value is -2.54. The number of nitrogens with one attached hydrogen (secondary N) is 1. The first-order valence-electron chi connectivity index (χ1n) is 6.78. The summed E-state index contributed by atoms with van der Waals surface area (Å²) in [6.45, 7) is 0.264. The van der Waals surface area contributed by atoms with E-state index in [9.17, 15) is 19.6 Å². The van der Waals surface area contributed by atoms with Crippen molar-refractivity contribution in [3.63, 3.8) is 0 Å². The first-order valence-corrected chi connectivity index (χ1v) is 6.78. The van der Waals surface area contributed by atoms with Gasteiger partial charge in [-0.15, -0.1) is 0 Å². The van der Waals surface area contributed by atoms with Crippen molar-refractivity contribution in [3.8, 4) is 0 Å². The molecule has 1 atom stereocenters. The van der Waals surface area contributed by atoms with Crippen LogP contribution in [0.25, 0.3) is 0 Å². The highest BCUT2D eigenvalue weighted by Gasteiger charge is 2.13. The van der Waals surface area contributed by atoms with Crippen LogP contribution in [0.4, 0.5) is 15.8 Å². The number of rotatable bonds is 7. The summed E-state index contributed by atoms with van der Waals surface area (Å²) >= 11 is 0. The van der Waals surface area contributed by atoms with E-state index in [2.05, 4.69) is 10.3 Å². The van der Waals surface area contributed by atoms with Crippen molar-refractivity contribution in [3.05, 3.63) is 64.2 Å². The van der Waals surface area contributed by atoms with Gasteiger partial charge in [0.1, 0.15) is 0 Å². The van der Waals surface area contributed by atoms with Crippen LogP contribution in [0, 0.1) is 21.8 Å². The van der Waals surface area contributed by atoms with Crippen LogP contribution in [0.3, 0.4) is 0 Å². The molecule has 0 bridgehead atoms. The molecule has 0 fully saturated rings. The molecule has 1 heterocycles. The van der Waals surface area contributed by atoms with E-state index in [1.165, 1.54) is 12.1 Å². The fourth-order valence-corrected chi connectivity index (χ4v) is 2.03. The van der Waals surface area contributed by atoms with Gasteiger partial charge in [-0.2, -0.15) is 0 Å². The summed E-state index contributed by atoms with van der Waals surface area (Å²) in [6, 6.07) is 8.95. The van der Waals surface area contributed by atoms with Gasteiger partial charge in [-0.05, 0) is 24.6 Å². The zero-order valence-electron chi connectivity index (χ0n) is 11.8. The van der Waals surface area contributed by atoms with E-state index in [4.69, 9.17) is 0 Å². The Kier molecular flexibility index (Phi) is 5.37. The van der Waals surface area contributed by atoms with Gasteiger partial charge in [0.25, 0.3) is 5.69 Å². The van der Waals surface area contributed by atoms with E-state index in [0.29, 0.717) is 13.0 Å². The fourth-order valence-electron chi connectivity index (χ4n) is 2.03. The van der Waals surface area contributed by atoms with Crippen molar-refractivity contribution in [2.45, 2.75) is 6.42 Å². The first kappa shape index (κ1) is 15.8. The number of aliphatic hydroxyl groups is 1. The Labute approximate surface area is 126 Å². The lowest BCUT2D eigenvalue weighted by Crippen LogP contribution is -2.21. The van der Waals surface area contributed by atoms with E-state index in [1.54, 1.807) is 6.20 Å². The van der Waals surface area contributed by atoms with E-state index in [0.717, 1.165) is 11.8 Å². The first-order chi connectivity index (χ1) is 10.6. The molecule has 2 N–H and O–H groups in total. The summed E-state index contributed by atoms with van der Waals surface area (Å²) < 4.78 is 13.7. The normalized spacial score (nSPS) is 11.9. The second-order valence-corrected chi connectivity index (χ2v) is 4.88. The molecule has 0 aliphatic heterocycles. The zero-order valence-corrected chi connectivity index (χ0v) is 11.8. The van der Waals surface area contributed by atoms with Gasteiger partial charge in [-0.3, -0.25) is 15.1 Å². The number of anilines is 1. The molecule has 7 heteroatoms. The van der Waals surface area contributed by atoms with Crippen molar-refractivity contribution < 1.29 is 14.4 Å². The minimum Gasteiger partial charge on any atom is -0.396 e. The molecule has 0 saturated carbocycles. The average molecular weight is 305 g/mol. The van der Waals surface area contributed by atoms with Gasteiger partial charge in [0.2, 0.25) is 0 Å². The maximum atomic E-state index is 13.7. The largest absolute Gasteiger partial charge is 0.396 e. The third-order valence-corrected chi connectivity index (χ3v) is 3.23. The molecule has 2 rings (SSSR count). The number of nitrogens with zero attached hydrogens (tertiary/aromatic N) is 2. The van der Waals surface area contributed by atoms with Gasteiger partial charge >= 0.3 is 0 Å². The molecule has 1 aromatic heterocycles. The molecule has 0 amide bonds. The SMILES string of the molecule is O=[N+]([O-])c1ccc(NCC(CO)Cc2ccccn2)c(F)c1. The molecule has 0 radical (unpaired) electrons. The number of aliphatic hydroxyl groups excluding tert-OH is 1. The van der Waals surface area contributed by atoms with Crippen LogP contribution < -0.4 is 5.32 Å². The number of pyridine rings is 1.